The van der Waals surface area contributed by atoms with Gasteiger partial charge in [-0.15, -0.1) is 0 Å². The molecule has 0 bridgehead atoms. The Labute approximate surface area is 132 Å². The summed E-state index contributed by atoms with van der Waals surface area (Å²) in [5.74, 6) is 0.221. The van der Waals surface area contributed by atoms with E-state index in [-0.39, 0.29) is 10.6 Å². The first kappa shape index (κ1) is 16.0. The highest BCUT2D eigenvalue weighted by molar-refractivity contribution is 9.09. The van der Waals surface area contributed by atoms with Gasteiger partial charge in [-0.05, 0) is 43.0 Å². The first-order valence-electron chi connectivity index (χ1n) is 6.71. The summed E-state index contributed by atoms with van der Waals surface area (Å²) in [6, 6.07) is 13.1. The maximum atomic E-state index is 12.5. The molecule has 0 aliphatic heterocycles. The van der Waals surface area contributed by atoms with Crippen molar-refractivity contribution in [3.63, 3.8) is 0 Å². The number of para-hydroxylation sites is 1. The average molecular weight is 355 g/mol. The lowest BCUT2D eigenvalue weighted by Crippen LogP contribution is -2.06. The number of hydrogen-bond acceptors (Lipinski definition) is 1. The van der Waals surface area contributed by atoms with Crippen LogP contribution in [-0.2, 0) is 6.42 Å². The van der Waals surface area contributed by atoms with E-state index in [1.807, 2.05) is 6.07 Å². The van der Waals surface area contributed by atoms with Crippen LogP contribution in [0.1, 0.15) is 27.1 Å². The Hall–Kier alpha value is -1.42. The molecule has 0 heterocycles. The van der Waals surface area contributed by atoms with Crippen molar-refractivity contribution in [1.82, 2.24) is 0 Å². The smallest absolute Gasteiger partial charge is 0.387 e. The normalized spacial score (nSPS) is 12.5. The van der Waals surface area contributed by atoms with Crippen molar-refractivity contribution in [2.45, 2.75) is 31.7 Å². The van der Waals surface area contributed by atoms with E-state index in [1.54, 1.807) is 18.2 Å². The van der Waals surface area contributed by atoms with Gasteiger partial charge in [0.05, 0.1) is 0 Å². The zero-order valence-electron chi connectivity index (χ0n) is 11.9. The standard InChI is InChI=1S/C17H17BrF2O/c1-11-7-8-13(9-12(11)2)10-15(18)14-5-3-4-6-16(14)21-17(19)20/h3-9,15,17H,10H2,1-2H3. The predicted octanol–water partition coefficient (Wildman–Crippen LogP) is 5.58. The minimum Gasteiger partial charge on any atom is -0.435 e. The van der Waals surface area contributed by atoms with Crippen LogP contribution in [0, 0.1) is 13.8 Å². The Kier molecular flexibility index (Phi) is 5.34. The molecular formula is C17H17BrF2O. The second kappa shape index (κ2) is 7.03. The molecule has 0 fully saturated rings. The van der Waals surface area contributed by atoms with Gasteiger partial charge in [-0.2, -0.15) is 8.78 Å². The van der Waals surface area contributed by atoms with Crippen LogP contribution in [0.2, 0.25) is 0 Å². The second-order valence-electron chi connectivity index (χ2n) is 5.01. The average Bonchev–Trinajstić information content (AvgIpc) is 2.43. The van der Waals surface area contributed by atoms with Gasteiger partial charge in [0.25, 0.3) is 0 Å². The number of hydrogen-bond donors (Lipinski definition) is 0. The predicted molar refractivity (Wildman–Crippen MR) is 84.4 cm³/mol. The second-order valence-corrected chi connectivity index (χ2v) is 6.11. The molecule has 0 spiro atoms. The van der Waals surface area contributed by atoms with Gasteiger partial charge in [0.1, 0.15) is 5.75 Å². The van der Waals surface area contributed by atoms with Crippen LogP contribution >= 0.6 is 15.9 Å². The minimum atomic E-state index is -2.81. The third-order valence-corrected chi connectivity index (χ3v) is 4.28. The minimum absolute atomic E-state index is 0.0745. The quantitative estimate of drug-likeness (QED) is 0.636. The van der Waals surface area contributed by atoms with E-state index in [9.17, 15) is 8.78 Å². The van der Waals surface area contributed by atoms with Gasteiger partial charge >= 0.3 is 6.61 Å². The number of rotatable bonds is 5. The largest absolute Gasteiger partial charge is 0.435 e. The van der Waals surface area contributed by atoms with Gasteiger partial charge < -0.3 is 4.74 Å². The summed E-state index contributed by atoms with van der Waals surface area (Å²) in [6.45, 7) is 1.32. The van der Waals surface area contributed by atoms with E-state index in [1.165, 1.54) is 11.1 Å². The van der Waals surface area contributed by atoms with E-state index in [0.717, 1.165) is 11.1 Å². The van der Waals surface area contributed by atoms with Gasteiger partial charge in [-0.3, -0.25) is 0 Å². The molecule has 4 heteroatoms. The maximum absolute atomic E-state index is 12.5. The van der Waals surface area contributed by atoms with Crippen LogP contribution < -0.4 is 4.74 Å². The Balaban J connectivity index is 2.19. The van der Waals surface area contributed by atoms with Crippen molar-refractivity contribution in [3.8, 4) is 5.75 Å². The van der Waals surface area contributed by atoms with Gasteiger partial charge in [0.15, 0.2) is 0 Å². The summed E-state index contributed by atoms with van der Waals surface area (Å²) in [5.41, 5.74) is 4.36. The van der Waals surface area contributed by atoms with E-state index in [0.29, 0.717) is 6.42 Å². The zero-order valence-corrected chi connectivity index (χ0v) is 13.5. The van der Waals surface area contributed by atoms with E-state index in [4.69, 9.17) is 0 Å². The number of alkyl halides is 3. The molecule has 0 aliphatic rings. The van der Waals surface area contributed by atoms with Crippen LogP contribution in [0.15, 0.2) is 42.5 Å². The molecule has 0 N–H and O–H groups in total. The lowest BCUT2D eigenvalue weighted by molar-refractivity contribution is -0.0504. The van der Waals surface area contributed by atoms with Crippen LogP contribution in [0.4, 0.5) is 8.78 Å². The fourth-order valence-corrected chi connectivity index (χ4v) is 2.94. The molecule has 21 heavy (non-hydrogen) atoms. The Morgan fingerprint density at radius 2 is 1.76 bits per heavy atom. The van der Waals surface area contributed by atoms with Crippen molar-refractivity contribution in [1.29, 1.82) is 0 Å². The van der Waals surface area contributed by atoms with Gasteiger partial charge in [-0.1, -0.05) is 52.3 Å². The molecule has 0 saturated heterocycles. The topological polar surface area (TPSA) is 9.23 Å². The van der Waals surface area contributed by atoms with E-state index >= 15 is 0 Å². The highest BCUT2D eigenvalue weighted by Gasteiger charge is 2.16. The van der Waals surface area contributed by atoms with E-state index in [2.05, 4.69) is 52.7 Å². The molecule has 0 saturated carbocycles. The zero-order chi connectivity index (χ0) is 15.4. The van der Waals surface area contributed by atoms with Crippen LogP contribution in [0.3, 0.4) is 0 Å². The fraction of sp³-hybridized carbons (Fsp3) is 0.294. The van der Waals surface area contributed by atoms with Crippen LogP contribution in [0.5, 0.6) is 5.75 Å². The molecule has 2 aromatic rings. The molecule has 1 atom stereocenters. The number of ether oxygens (including phenoxy) is 1. The molecule has 2 aromatic carbocycles. The monoisotopic (exact) mass is 354 g/mol. The molecular weight excluding hydrogens is 338 g/mol. The third-order valence-electron chi connectivity index (χ3n) is 3.46. The molecule has 1 nitrogen and oxygen atoms in total. The highest BCUT2D eigenvalue weighted by Crippen LogP contribution is 2.34. The number of aryl methyl sites for hydroxylation is 2. The van der Waals surface area contributed by atoms with Crippen LogP contribution in [-0.4, -0.2) is 6.61 Å². The lowest BCUT2D eigenvalue weighted by Gasteiger charge is -2.16. The molecule has 2 rings (SSSR count). The third kappa shape index (κ3) is 4.27. The Morgan fingerprint density at radius 3 is 2.43 bits per heavy atom. The number of halogens is 3. The van der Waals surface area contributed by atoms with E-state index < -0.39 is 6.61 Å². The van der Waals surface area contributed by atoms with Gasteiger partial charge in [0, 0.05) is 10.4 Å². The summed E-state index contributed by atoms with van der Waals surface area (Å²) < 4.78 is 29.5. The van der Waals surface area contributed by atoms with Crippen molar-refractivity contribution in [2.24, 2.45) is 0 Å². The summed E-state index contributed by atoms with van der Waals surface area (Å²) >= 11 is 3.58. The van der Waals surface area contributed by atoms with Crippen molar-refractivity contribution in [2.75, 3.05) is 0 Å². The lowest BCUT2D eigenvalue weighted by atomic mass is 10.00. The Bertz CT molecular complexity index is 613. The first-order valence-corrected chi connectivity index (χ1v) is 7.63. The van der Waals surface area contributed by atoms with Crippen molar-refractivity contribution >= 4 is 15.9 Å². The first-order chi connectivity index (χ1) is 9.97. The SMILES string of the molecule is Cc1ccc(CC(Br)c2ccccc2OC(F)F)cc1C. The van der Waals surface area contributed by atoms with Crippen LogP contribution in [0.25, 0.3) is 0 Å². The highest BCUT2D eigenvalue weighted by atomic mass is 79.9. The Morgan fingerprint density at radius 1 is 1.05 bits per heavy atom. The van der Waals surface area contributed by atoms with Crippen molar-refractivity contribution < 1.29 is 13.5 Å². The summed E-state index contributed by atoms with van der Waals surface area (Å²) in [6.07, 6.45) is 0.713. The van der Waals surface area contributed by atoms with Crippen molar-refractivity contribution in [3.05, 3.63) is 64.7 Å². The van der Waals surface area contributed by atoms with Gasteiger partial charge in [0.2, 0.25) is 0 Å². The summed E-state index contributed by atoms with van der Waals surface area (Å²) in [5, 5.41) is 0. The fourth-order valence-electron chi connectivity index (χ4n) is 2.19. The maximum Gasteiger partial charge on any atom is 0.387 e. The molecule has 0 aliphatic carbocycles. The summed E-state index contributed by atoms with van der Waals surface area (Å²) in [4.78, 5) is -0.0745. The molecule has 0 amide bonds. The summed E-state index contributed by atoms with van der Waals surface area (Å²) in [7, 11) is 0. The molecule has 0 radical (unpaired) electrons. The molecule has 0 aromatic heterocycles. The number of benzene rings is 2. The molecule has 1 unspecified atom stereocenters. The molecule has 112 valence electrons. The van der Waals surface area contributed by atoms with Gasteiger partial charge in [-0.25, -0.2) is 0 Å².